The zero-order valence-electron chi connectivity index (χ0n) is 14.1. The Morgan fingerprint density at radius 3 is 3.04 bits per heavy atom. The highest BCUT2D eigenvalue weighted by Gasteiger charge is 2.24. The predicted molar refractivity (Wildman–Crippen MR) is 101 cm³/mol. The van der Waals surface area contributed by atoms with Crippen LogP contribution in [0.2, 0.25) is 0 Å². The number of allylic oxidation sites excluding steroid dienone is 4. The molecule has 4 nitrogen and oxygen atoms in total. The number of aromatic nitrogens is 1. The van der Waals surface area contributed by atoms with Gasteiger partial charge in [-0.25, -0.2) is 0 Å². The molecule has 126 valence electrons. The number of aryl methyl sites for hydroxylation is 1. The van der Waals surface area contributed by atoms with Gasteiger partial charge in [0.2, 0.25) is 0 Å². The molecule has 5 heteroatoms. The Bertz CT molecular complexity index is 809. The number of rotatable bonds is 3. The van der Waals surface area contributed by atoms with Crippen LogP contribution in [0.1, 0.15) is 49.0 Å². The third-order valence-corrected chi connectivity index (χ3v) is 4.85. The maximum atomic E-state index is 13.3. The molecule has 1 unspecified atom stereocenters. The van der Waals surface area contributed by atoms with Gasteiger partial charge in [0.15, 0.2) is 0 Å². The molecule has 0 radical (unpaired) electrons. The van der Waals surface area contributed by atoms with E-state index in [0.29, 0.717) is 10.6 Å². The zero-order valence-corrected chi connectivity index (χ0v) is 14.8. The summed E-state index contributed by atoms with van der Waals surface area (Å²) >= 11 is 6.32. The van der Waals surface area contributed by atoms with Gasteiger partial charge in [-0.05, 0) is 50.9 Å². The monoisotopic (exact) mass is 343 g/mol. The molecule has 2 aliphatic heterocycles. The highest BCUT2D eigenvalue weighted by molar-refractivity contribution is 6.48. The summed E-state index contributed by atoms with van der Waals surface area (Å²) < 4.78 is 1.76. The van der Waals surface area contributed by atoms with Crippen LogP contribution in [-0.4, -0.2) is 17.3 Å². The van der Waals surface area contributed by atoms with Gasteiger partial charge in [0.25, 0.3) is 5.56 Å². The minimum Gasteiger partial charge on any atom is -0.309 e. The molecule has 2 aliphatic rings. The first-order valence-electron chi connectivity index (χ1n) is 8.34. The molecule has 0 bridgehead atoms. The highest BCUT2D eigenvalue weighted by Crippen LogP contribution is 2.28. The normalized spacial score (nSPS) is 21.0. The summed E-state index contributed by atoms with van der Waals surface area (Å²) in [6.07, 6.45) is 12.2. The smallest absolute Gasteiger partial charge is 0.264 e. The van der Waals surface area contributed by atoms with Crippen LogP contribution in [0.3, 0.4) is 0 Å². The molecular weight excluding hydrogens is 322 g/mol. The molecular formula is C19H22ClN3O. The molecule has 1 aromatic rings. The van der Waals surface area contributed by atoms with Gasteiger partial charge in [-0.15, -0.1) is 0 Å². The van der Waals surface area contributed by atoms with Gasteiger partial charge in [0, 0.05) is 29.4 Å². The fourth-order valence-corrected chi connectivity index (χ4v) is 3.50. The molecule has 1 aromatic heterocycles. The molecule has 0 amide bonds. The molecule has 1 fully saturated rings. The number of hydrogen-bond donors (Lipinski definition) is 1. The van der Waals surface area contributed by atoms with Crippen molar-refractivity contribution >= 4 is 28.5 Å². The van der Waals surface area contributed by atoms with Gasteiger partial charge in [-0.2, -0.15) is 0 Å². The van der Waals surface area contributed by atoms with Gasteiger partial charge in [-0.1, -0.05) is 23.8 Å². The van der Waals surface area contributed by atoms with E-state index in [-0.39, 0.29) is 11.6 Å². The second kappa shape index (κ2) is 7.32. The first-order valence-corrected chi connectivity index (χ1v) is 8.72. The lowest BCUT2D eigenvalue weighted by molar-refractivity contribution is 0.607. The topological polar surface area (TPSA) is 46.4 Å². The van der Waals surface area contributed by atoms with Gasteiger partial charge in [0.1, 0.15) is 0 Å². The largest absolute Gasteiger partial charge is 0.309 e. The maximum Gasteiger partial charge on any atom is 0.264 e. The third kappa shape index (κ3) is 3.17. The predicted octanol–water partition coefficient (Wildman–Crippen LogP) is 4.01. The molecule has 24 heavy (non-hydrogen) atoms. The summed E-state index contributed by atoms with van der Waals surface area (Å²) in [6.45, 7) is 4.76. The Morgan fingerprint density at radius 1 is 1.50 bits per heavy atom. The molecule has 0 spiro atoms. The van der Waals surface area contributed by atoms with Gasteiger partial charge in [-0.3, -0.25) is 14.4 Å². The van der Waals surface area contributed by atoms with Crippen molar-refractivity contribution in [2.45, 2.75) is 39.2 Å². The van der Waals surface area contributed by atoms with E-state index in [1.165, 1.54) is 0 Å². The van der Waals surface area contributed by atoms with Crippen LogP contribution < -0.4 is 10.9 Å². The van der Waals surface area contributed by atoms with Crippen LogP contribution in [0.15, 0.2) is 40.3 Å². The SMILES string of the molecule is C/C=C(/Cl)c1c(C)cc(C2CCCN2)n(C2=CN=CCC=C2)c1=O. The number of halogens is 1. The van der Waals surface area contributed by atoms with Crippen LogP contribution in [0.25, 0.3) is 10.7 Å². The molecule has 0 aliphatic carbocycles. The summed E-state index contributed by atoms with van der Waals surface area (Å²) in [5, 5.41) is 3.97. The zero-order chi connectivity index (χ0) is 17.1. The fraction of sp³-hybridized carbons (Fsp3) is 0.368. The summed E-state index contributed by atoms with van der Waals surface area (Å²) in [5.74, 6) is 0. The minimum atomic E-state index is -0.0881. The van der Waals surface area contributed by atoms with Crippen LogP contribution in [-0.2, 0) is 0 Å². The molecule has 3 rings (SSSR count). The maximum absolute atomic E-state index is 13.3. The standard InChI is InChI=1S/C19H22ClN3O/c1-3-15(20)18-13(2)11-17(16-8-6-10-22-16)23(19(18)24)14-7-4-5-9-21-12-14/h3-4,7,9,11-12,16,22H,5-6,8,10H2,1-2H3/b15-3+. The van der Waals surface area contributed by atoms with Crippen molar-refractivity contribution in [3.63, 3.8) is 0 Å². The van der Waals surface area contributed by atoms with Gasteiger partial charge in [0.05, 0.1) is 17.5 Å². The molecule has 3 heterocycles. The van der Waals surface area contributed by atoms with E-state index in [2.05, 4.69) is 16.4 Å². The fourth-order valence-electron chi connectivity index (χ4n) is 3.27. The Hall–Kier alpha value is -1.91. The van der Waals surface area contributed by atoms with E-state index in [4.69, 9.17) is 11.6 Å². The number of nitrogens with one attached hydrogen (secondary N) is 1. The lowest BCUT2D eigenvalue weighted by atomic mass is 10.0. The summed E-state index contributed by atoms with van der Waals surface area (Å²) in [5.41, 5.74) is 3.13. The Labute approximate surface area is 147 Å². The quantitative estimate of drug-likeness (QED) is 0.901. The Kier molecular flexibility index (Phi) is 5.17. The second-order valence-electron chi connectivity index (χ2n) is 6.08. The van der Waals surface area contributed by atoms with E-state index in [0.717, 1.165) is 42.8 Å². The van der Waals surface area contributed by atoms with E-state index in [9.17, 15) is 4.79 Å². The molecule has 0 saturated carbocycles. The Balaban J connectivity index is 2.28. The second-order valence-corrected chi connectivity index (χ2v) is 6.48. The van der Waals surface area contributed by atoms with Crippen molar-refractivity contribution in [2.75, 3.05) is 6.54 Å². The number of pyridine rings is 1. The lowest BCUT2D eigenvalue weighted by Crippen LogP contribution is -2.30. The van der Waals surface area contributed by atoms with E-state index in [1.54, 1.807) is 16.8 Å². The third-order valence-electron chi connectivity index (χ3n) is 4.44. The van der Waals surface area contributed by atoms with Crippen molar-refractivity contribution in [3.8, 4) is 0 Å². The van der Waals surface area contributed by atoms with Gasteiger partial charge >= 0.3 is 0 Å². The van der Waals surface area contributed by atoms with Gasteiger partial charge < -0.3 is 5.32 Å². The Morgan fingerprint density at radius 2 is 2.33 bits per heavy atom. The first-order chi connectivity index (χ1) is 11.6. The average Bonchev–Trinajstić information content (AvgIpc) is 2.98. The molecule has 1 N–H and O–H groups in total. The number of aliphatic imine (C=N–C) groups is 1. The van der Waals surface area contributed by atoms with Crippen LogP contribution in [0.4, 0.5) is 0 Å². The van der Waals surface area contributed by atoms with Crippen molar-refractivity contribution in [1.29, 1.82) is 0 Å². The summed E-state index contributed by atoms with van der Waals surface area (Å²) in [7, 11) is 0. The number of nitrogens with zero attached hydrogens (tertiary/aromatic N) is 2. The minimum absolute atomic E-state index is 0.0881. The van der Waals surface area contributed by atoms with Crippen molar-refractivity contribution in [3.05, 3.63) is 57.7 Å². The van der Waals surface area contributed by atoms with Crippen molar-refractivity contribution < 1.29 is 0 Å². The van der Waals surface area contributed by atoms with E-state index in [1.807, 2.05) is 32.2 Å². The summed E-state index contributed by atoms with van der Waals surface area (Å²) in [4.78, 5) is 17.5. The van der Waals surface area contributed by atoms with Crippen LogP contribution in [0, 0.1) is 6.92 Å². The molecule has 0 aromatic carbocycles. The molecule has 1 atom stereocenters. The van der Waals surface area contributed by atoms with E-state index < -0.39 is 0 Å². The van der Waals surface area contributed by atoms with Crippen LogP contribution in [0.5, 0.6) is 0 Å². The highest BCUT2D eigenvalue weighted by atomic mass is 35.5. The average molecular weight is 344 g/mol. The van der Waals surface area contributed by atoms with Crippen molar-refractivity contribution in [2.24, 2.45) is 4.99 Å². The van der Waals surface area contributed by atoms with Crippen LogP contribution >= 0.6 is 11.6 Å². The number of hydrogen-bond acceptors (Lipinski definition) is 3. The van der Waals surface area contributed by atoms with Crippen molar-refractivity contribution in [1.82, 2.24) is 9.88 Å². The molecule has 1 saturated heterocycles. The van der Waals surface area contributed by atoms with E-state index >= 15 is 0 Å². The first kappa shape index (κ1) is 16.9. The summed E-state index contributed by atoms with van der Waals surface area (Å²) in [6, 6.07) is 2.26. The lowest BCUT2D eigenvalue weighted by Gasteiger charge is -2.21.